The maximum absolute atomic E-state index is 12.2. The third kappa shape index (κ3) is 4.31. The highest BCUT2D eigenvalue weighted by molar-refractivity contribution is 9.10. The number of rotatable bonds is 7. The fourth-order valence-electron chi connectivity index (χ4n) is 1.84. The molecule has 0 aliphatic rings. The van der Waals surface area contributed by atoms with Crippen LogP contribution in [-0.4, -0.2) is 21.9 Å². The maximum Gasteiger partial charge on any atom is 0.283 e. The van der Waals surface area contributed by atoms with Gasteiger partial charge in [-0.1, -0.05) is 27.7 Å². The van der Waals surface area contributed by atoms with Gasteiger partial charge in [0.2, 0.25) is 0 Å². The maximum atomic E-state index is 12.2. The summed E-state index contributed by atoms with van der Waals surface area (Å²) in [5, 5.41) is 7.43. The van der Waals surface area contributed by atoms with Gasteiger partial charge in [0.1, 0.15) is 4.47 Å². The molecule has 20 heavy (non-hydrogen) atoms. The summed E-state index contributed by atoms with van der Waals surface area (Å²) in [6.45, 7) is 9.48. The largest absolute Gasteiger partial charge is 0.381 e. The summed E-state index contributed by atoms with van der Waals surface area (Å²) in [6.07, 6.45) is 3.44. The molecule has 0 saturated heterocycles. The van der Waals surface area contributed by atoms with Crippen LogP contribution in [0, 0.1) is 5.92 Å². The second-order valence-electron chi connectivity index (χ2n) is 5.68. The molecule has 1 aromatic heterocycles. The molecule has 0 amide bonds. The summed E-state index contributed by atoms with van der Waals surface area (Å²) in [5.74, 6) is 0.378. The Labute approximate surface area is 129 Å². The molecular weight excluding hydrogens is 320 g/mol. The fourth-order valence-corrected chi connectivity index (χ4v) is 2.28. The SMILES string of the molecule is CCC(N)(CC)CNc1cnn(CC(C)C)c(=O)c1Br. The van der Waals surface area contributed by atoms with E-state index in [0.29, 0.717) is 29.2 Å². The number of nitrogens with two attached hydrogens (primary N) is 1. The van der Waals surface area contributed by atoms with Gasteiger partial charge in [-0.15, -0.1) is 0 Å². The van der Waals surface area contributed by atoms with Crippen molar-refractivity contribution in [2.75, 3.05) is 11.9 Å². The van der Waals surface area contributed by atoms with Gasteiger partial charge in [0, 0.05) is 18.6 Å². The van der Waals surface area contributed by atoms with Crippen LogP contribution < -0.4 is 16.6 Å². The summed E-state index contributed by atoms with van der Waals surface area (Å²) in [5.41, 5.74) is 6.58. The van der Waals surface area contributed by atoms with Gasteiger partial charge in [-0.05, 0) is 34.7 Å². The molecule has 0 aliphatic carbocycles. The van der Waals surface area contributed by atoms with Gasteiger partial charge in [-0.2, -0.15) is 5.10 Å². The number of nitrogens with zero attached hydrogens (tertiary/aromatic N) is 2. The van der Waals surface area contributed by atoms with Crippen molar-refractivity contribution in [3.05, 3.63) is 21.0 Å². The molecule has 0 bridgehead atoms. The first-order valence-electron chi connectivity index (χ1n) is 7.11. The van der Waals surface area contributed by atoms with Gasteiger partial charge in [0.25, 0.3) is 5.56 Å². The van der Waals surface area contributed by atoms with E-state index in [1.165, 1.54) is 4.68 Å². The number of hydrogen-bond donors (Lipinski definition) is 2. The van der Waals surface area contributed by atoms with Gasteiger partial charge >= 0.3 is 0 Å². The molecular formula is C14H25BrN4O. The van der Waals surface area contributed by atoms with Crippen molar-refractivity contribution in [1.82, 2.24) is 9.78 Å². The molecule has 0 radical (unpaired) electrons. The van der Waals surface area contributed by atoms with E-state index in [9.17, 15) is 4.79 Å². The molecule has 0 aromatic carbocycles. The molecule has 5 nitrogen and oxygen atoms in total. The molecule has 0 atom stereocenters. The van der Waals surface area contributed by atoms with Crippen LogP contribution in [0.1, 0.15) is 40.5 Å². The molecule has 0 fully saturated rings. The lowest BCUT2D eigenvalue weighted by Crippen LogP contribution is -2.45. The lowest BCUT2D eigenvalue weighted by molar-refractivity contribution is 0.417. The van der Waals surface area contributed by atoms with Gasteiger partial charge in [-0.3, -0.25) is 4.79 Å². The van der Waals surface area contributed by atoms with Crippen LogP contribution >= 0.6 is 15.9 Å². The molecule has 114 valence electrons. The van der Waals surface area contributed by atoms with Crippen molar-refractivity contribution in [2.24, 2.45) is 11.7 Å². The molecule has 1 rings (SSSR count). The molecule has 3 N–H and O–H groups in total. The van der Waals surface area contributed by atoms with E-state index in [4.69, 9.17) is 5.73 Å². The molecule has 0 aliphatic heterocycles. The zero-order chi connectivity index (χ0) is 15.3. The predicted molar refractivity (Wildman–Crippen MR) is 87.0 cm³/mol. The van der Waals surface area contributed by atoms with Gasteiger partial charge in [0.05, 0.1) is 11.9 Å². The normalized spacial score (nSPS) is 11.9. The minimum Gasteiger partial charge on any atom is -0.381 e. The summed E-state index contributed by atoms with van der Waals surface area (Å²) in [4.78, 5) is 12.2. The Morgan fingerprint density at radius 3 is 2.55 bits per heavy atom. The smallest absolute Gasteiger partial charge is 0.283 e. The molecule has 0 spiro atoms. The number of aromatic nitrogens is 2. The summed E-state index contributed by atoms with van der Waals surface area (Å²) in [6, 6.07) is 0. The monoisotopic (exact) mass is 344 g/mol. The Hall–Kier alpha value is -0.880. The Kier molecular flexibility index (Phi) is 6.20. The Morgan fingerprint density at radius 1 is 1.45 bits per heavy atom. The predicted octanol–water partition coefficient (Wildman–Crippen LogP) is 2.59. The minimum absolute atomic E-state index is 0.112. The fraction of sp³-hybridized carbons (Fsp3) is 0.714. The highest BCUT2D eigenvalue weighted by atomic mass is 79.9. The minimum atomic E-state index is -0.258. The van der Waals surface area contributed by atoms with E-state index in [-0.39, 0.29) is 11.1 Å². The highest BCUT2D eigenvalue weighted by Gasteiger charge is 2.20. The number of anilines is 1. The van der Waals surface area contributed by atoms with Crippen LogP contribution in [0.15, 0.2) is 15.5 Å². The molecule has 1 aromatic rings. The summed E-state index contributed by atoms with van der Waals surface area (Å²) >= 11 is 3.36. The standard InChI is InChI=1S/C14H25BrN4O/c1-5-14(16,6-2)9-17-11-7-18-19(8-10(3)4)13(20)12(11)15/h7,10,17H,5-6,8-9,16H2,1-4H3. The average Bonchev–Trinajstić information content (AvgIpc) is 2.42. The lowest BCUT2D eigenvalue weighted by atomic mass is 9.94. The zero-order valence-electron chi connectivity index (χ0n) is 12.7. The van der Waals surface area contributed by atoms with E-state index in [2.05, 4.69) is 54.0 Å². The lowest BCUT2D eigenvalue weighted by Gasteiger charge is -2.27. The molecule has 0 saturated carbocycles. The van der Waals surface area contributed by atoms with Gasteiger partial charge in [-0.25, -0.2) is 4.68 Å². The molecule has 1 heterocycles. The van der Waals surface area contributed by atoms with Gasteiger partial charge in [0.15, 0.2) is 0 Å². The third-order valence-electron chi connectivity index (χ3n) is 3.56. The first-order valence-corrected chi connectivity index (χ1v) is 7.90. The first-order chi connectivity index (χ1) is 9.33. The van der Waals surface area contributed by atoms with Crippen LogP contribution in [0.4, 0.5) is 5.69 Å². The van der Waals surface area contributed by atoms with Crippen molar-refractivity contribution in [3.63, 3.8) is 0 Å². The molecule has 6 heteroatoms. The summed E-state index contributed by atoms with van der Waals surface area (Å²) in [7, 11) is 0. The van der Waals surface area contributed by atoms with Crippen molar-refractivity contribution in [2.45, 2.75) is 52.6 Å². The van der Waals surface area contributed by atoms with Crippen molar-refractivity contribution >= 4 is 21.6 Å². The van der Waals surface area contributed by atoms with E-state index in [1.54, 1.807) is 6.20 Å². The van der Waals surface area contributed by atoms with Crippen LogP contribution in [0.25, 0.3) is 0 Å². The van der Waals surface area contributed by atoms with Crippen LogP contribution in [-0.2, 0) is 6.54 Å². The molecule has 0 unspecified atom stereocenters. The highest BCUT2D eigenvalue weighted by Crippen LogP contribution is 2.19. The van der Waals surface area contributed by atoms with E-state index in [0.717, 1.165) is 12.8 Å². The quantitative estimate of drug-likeness (QED) is 0.797. The van der Waals surface area contributed by atoms with Crippen LogP contribution in [0.5, 0.6) is 0 Å². The van der Waals surface area contributed by atoms with E-state index in [1.807, 2.05) is 0 Å². The van der Waals surface area contributed by atoms with Crippen molar-refractivity contribution < 1.29 is 0 Å². The Bertz CT molecular complexity index is 494. The first kappa shape index (κ1) is 17.2. The van der Waals surface area contributed by atoms with Crippen LogP contribution in [0.3, 0.4) is 0 Å². The number of halogens is 1. The van der Waals surface area contributed by atoms with Crippen molar-refractivity contribution in [1.29, 1.82) is 0 Å². The van der Waals surface area contributed by atoms with E-state index >= 15 is 0 Å². The second kappa shape index (κ2) is 7.22. The Balaban J connectivity index is 2.88. The second-order valence-corrected chi connectivity index (χ2v) is 6.47. The van der Waals surface area contributed by atoms with E-state index < -0.39 is 0 Å². The van der Waals surface area contributed by atoms with Crippen LogP contribution in [0.2, 0.25) is 0 Å². The number of hydrogen-bond acceptors (Lipinski definition) is 4. The third-order valence-corrected chi connectivity index (χ3v) is 4.33. The summed E-state index contributed by atoms with van der Waals surface area (Å²) < 4.78 is 2.00. The zero-order valence-corrected chi connectivity index (χ0v) is 14.3. The number of nitrogens with one attached hydrogen (secondary N) is 1. The topological polar surface area (TPSA) is 72.9 Å². The van der Waals surface area contributed by atoms with Crippen molar-refractivity contribution in [3.8, 4) is 0 Å². The average molecular weight is 345 g/mol. The Morgan fingerprint density at radius 2 is 2.05 bits per heavy atom. The van der Waals surface area contributed by atoms with Gasteiger partial charge < -0.3 is 11.1 Å².